The van der Waals surface area contributed by atoms with Gasteiger partial charge in [0.05, 0.1) is 5.69 Å². The van der Waals surface area contributed by atoms with E-state index in [0.717, 1.165) is 29.1 Å². The molecule has 20 heavy (non-hydrogen) atoms. The number of hydrogen-bond donors (Lipinski definition) is 1. The van der Waals surface area contributed by atoms with Crippen LogP contribution in [0.1, 0.15) is 35.5 Å². The van der Waals surface area contributed by atoms with Gasteiger partial charge in [0.15, 0.2) is 0 Å². The predicted molar refractivity (Wildman–Crippen MR) is 74.3 cm³/mol. The van der Waals surface area contributed by atoms with E-state index in [-0.39, 0.29) is 12.6 Å². The number of aryl methyl sites for hydroxylation is 2. The Kier molecular flexibility index (Phi) is 4.18. The van der Waals surface area contributed by atoms with Crippen LogP contribution in [0.4, 0.5) is 8.78 Å². The maximum absolute atomic E-state index is 13.6. The Morgan fingerprint density at radius 3 is 2.60 bits per heavy atom. The molecule has 0 amide bonds. The number of nitrogens with zero attached hydrogens (tertiary/aromatic N) is 2. The number of aromatic nitrogens is 2. The van der Waals surface area contributed by atoms with Crippen molar-refractivity contribution in [1.82, 2.24) is 15.1 Å². The van der Waals surface area contributed by atoms with Gasteiger partial charge in [0.1, 0.15) is 11.6 Å². The zero-order valence-corrected chi connectivity index (χ0v) is 12.2. The van der Waals surface area contributed by atoms with Crippen LogP contribution in [0.25, 0.3) is 0 Å². The average molecular weight is 279 g/mol. The van der Waals surface area contributed by atoms with E-state index in [2.05, 4.69) is 10.4 Å². The summed E-state index contributed by atoms with van der Waals surface area (Å²) < 4.78 is 28.5. The Morgan fingerprint density at radius 1 is 1.30 bits per heavy atom. The molecular weight excluding hydrogens is 260 g/mol. The van der Waals surface area contributed by atoms with Crippen LogP contribution in [0.15, 0.2) is 18.2 Å². The van der Waals surface area contributed by atoms with E-state index in [1.165, 1.54) is 6.07 Å². The maximum Gasteiger partial charge on any atom is 0.127 e. The highest BCUT2D eigenvalue weighted by Crippen LogP contribution is 2.21. The highest BCUT2D eigenvalue weighted by atomic mass is 19.1. The third-order valence-corrected chi connectivity index (χ3v) is 3.60. The summed E-state index contributed by atoms with van der Waals surface area (Å²) in [4.78, 5) is 0. The lowest BCUT2D eigenvalue weighted by Gasteiger charge is -2.15. The molecule has 1 heterocycles. The van der Waals surface area contributed by atoms with Crippen LogP contribution in [-0.4, -0.2) is 9.78 Å². The first-order valence-corrected chi connectivity index (χ1v) is 6.57. The molecule has 108 valence electrons. The van der Waals surface area contributed by atoms with Crippen molar-refractivity contribution in [2.24, 2.45) is 7.05 Å². The van der Waals surface area contributed by atoms with Gasteiger partial charge in [0, 0.05) is 36.5 Å². The van der Waals surface area contributed by atoms with Crippen molar-refractivity contribution >= 4 is 0 Å². The second-order valence-corrected chi connectivity index (χ2v) is 5.05. The molecule has 0 unspecified atom stereocenters. The summed E-state index contributed by atoms with van der Waals surface area (Å²) in [6, 6.07) is 3.51. The maximum atomic E-state index is 13.6. The van der Waals surface area contributed by atoms with Crippen molar-refractivity contribution in [1.29, 1.82) is 0 Å². The highest BCUT2D eigenvalue weighted by Gasteiger charge is 2.16. The number of benzene rings is 1. The average Bonchev–Trinajstić information content (AvgIpc) is 2.64. The van der Waals surface area contributed by atoms with E-state index < -0.39 is 11.6 Å². The van der Waals surface area contributed by atoms with Crippen molar-refractivity contribution < 1.29 is 8.78 Å². The molecular formula is C15H19F2N3. The van der Waals surface area contributed by atoms with E-state index >= 15 is 0 Å². The van der Waals surface area contributed by atoms with E-state index in [1.54, 1.807) is 0 Å². The minimum absolute atomic E-state index is 0.0198. The lowest BCUT2D eigenvalue weighted by Crippen LogP contribution is -2.20. The zero-order chi connectivity index (χ0) is 14.9. The zero-order valence-electron chi connectivity index (χ0n) is 12.2. The van der Waals surface area contributed by atoms with Gasteiger partial charge in [-0.05, 0) is 39.0 Å². The largest absolute Gasteiger partial charge is 0.306 e. The van der Waals surface area contributed by atoms with Gasteiger partial charge in [-0.1, -0.05) is 0 Å². The topological polar surface area (TPSA) is 29.9 Å². The first-order valence-electron chi connectivity index (χ1n) is 6.57. The molecule has 0 radical (unpaired) electrons. The standard InChI is InChI=1S/C15H19F2N3/c1-9(15-10(2)19-20(4)11(15)3)18-8-12-7-13(16)5-6-14(12)17/h5-7,9,18H,8H2,1-4H3/t9-/m1/s1. The molecule has 1 N–H and O–H groups in total. The van der Waals surface area contributed by atoms with E-state index in [9.17, 15) is 8.78 Å². The van der Waals surface area contributed by atoms with Crippen molar-refractivity contribution in [2.45, 2.75) is 33.4 Å². The third-order valence-electron chi connectivity index (χ3n) is 3.60. The van der Waals surface area contributed by atoms with Crippen molar-refractivity contribution in [2.75, 3.05) is 0 Å². The monoisotopic (exact) mass is 279 g/mol. The molecule has 0 aliphatic carbocycles. The molecule has 1 atom stereocenters. The number of halogens is 2. The normalized spacial score (nSPS) is 12.7. The first kappa shape index (κ1) is 14.7. The van der Waals surface area contributed by atoms with Crippen molar-refractivity contribution in [3.63, 3.8) is 0 Å². The Balaban J connectivity index is 2.12. The molecule has 0 fully saturated rings. The first-order chi connectivity index (χ1) is 9.40. The van der Waals surface area contributed by atoms with Gasteiger partial charge in [-0.3, -0.25) is 4.68 Å². The summed E-state index contributed by atoms with van der Waals surface area (Å²) >= 11 is 0. The van der Waals surface area contributed by atoms with Crippen LogP contribution < -0.4 is 5.32 Å². The van der Waals surface area contributed by atoms with Gasteiger partial charge in [0.25, 0.3) is 0 Å². The summed E-state index contributed by atoms with van der Waals surface area (Å²) in [6.45, 7) is 6.21. The lowest BCUT2D eigenvalue weighted by atomic mass is 10.1. The Labute approximate surface area is 117 Å². The second kappa shape index (κ2) is 5.71. The molecule has 0 saturated carbocycles. The van der Waals surface area contributed by atoms with E-state index in [0.29, 0.717) is 5.56 Å². The van der Waals surface area contributed by atoms with Crippen LogP contribution in [0.2, 0.25) is 0 Å². The van der Waals surface area contributed by atoms with Gasteiger partial charge in [-0.2, -0.15) is 5.10 Å². The molecule has 3 nitrogen and oxygen atoms in total. The van der Waals surface area contributed by atoms with Crippen LogP contribution in [0.5, 0.6) is 0 Å². The molecule has 0 aliphatic heterocycles. The molecule has 0 bridgehead atoms. The SMILES string of the molecule is Cc1nn(C)c(C)c1[C@@H](C)NCc1cc(F)ccc1F. The Bertz CT molecular complexity index is 620. The van der Waals surface area contributed by atoms with Crippen LogP contribution in [0.3, 0.4) is 0 Å². The predicted octanol–water partition coefficient (Wildman–Crippen LogP) is 3.17. The summed E-state index contributed by atoms with van der Waals surface area (Å²) in [5.74, 6) is -0.824. The van der Waals surface area contributed by atoms with Gasteiger partial charge >= 0.3 is 0 Å². The smallest absolute Gasteiger partial charge is 0.127 e. The summed E-state index contributed by atoms with van der Waals surface area (Å²) in [5, 5.41) is 7.58. The van der Waals surface area contributed by atoms with Crippen LogP contribution >= 0.6 is 0 Å². The summed E-state index contributed by atoms with van der Waals surface area (Å²) in [6.07, 6.45) is 0. The Hall–Kier alpha value is -1.75. The summed E-state index contributed by atoms with van der Waals surface area (Å²) in [7, 11) is 1.89. The fraction of sp³-hybridized carbons (Fsp3) is 0.400. The second-order valence-electron chi connectivity index (χ2n) is 5.05. The lowest BCUT2D eigenvalue weighted by molar-refractivity contribution is 0.532. The van der Waals surface area contributed by atoms with Gasteiger partial charge < -0.3 is 5.32 Å². The molecule has 2 rings (SSSR count). The fourth-order valence-corrected chi connectivity index (χ4v) is 2.46. The number of rotatable bonds is 4. The van der Waals surface area contributed by atoms with Crippen molar-refractivity contribution in [3.05, 3.63) is 52.3 Å². The molecule has 1 aromatic carbocycles. The minimum atomic E-state index is -0.426. The van der Waals surface area contributed by atoms with E-state index in [4.69, 9.17) is 0 Å². The van der Waals surface area contributed by atoms with Crippen molar-refractivity contribution in [3.8, 4) is 0 Å². The fourth-order valence-electron chi connectivity index (χ4n) is 2.46. The highest BCUT2D eigenvalue weighted by molar-refractivity contribution is 5.28. The molecule has 0 aliphatic rings. The van der Waals surface area contributed by atoms with Gasteiger partial charge in [-0.15, -0.1) is 0 Å². The molecule has 2 aromatic rings. The van der Waals surface area contributed by atoms with Gasteiger partial charge in [0.2, 0.25) is 0 Å². The number of nitrogens with one attached hydrogen (secondary N) is 1. The number of hydrogen-bond acceptors (Lipinski definition) is 2. The van der Waals surface area contributed by atoms with Crippen LogP contribution in [-0.2, 0) is 13.6 Å². The molecule has 0 saturated heterocycles. The van der Waals surface area contributed by atoms with Gasteiger partial charge in [-0.25, -0.2) is 8.78 Å². The van der Waals surface area contributed by atoms with Crippen LogP contribution in [0, 0.1) is 25.5 Å². The summed E-state index contributed by atoms with van der Waals surface area (Å²) in [5.41, 5.74) is 3.45. The molecule has 0 spiro atoms. The third kappa shape index (κ3) is 2.88. The van der Waals surface area contributed by atoms with E-state index in [1.807, 2.05) is 32.5 Å². The molecule has 5 heteroatoms. The Morgan fingerprint density at radius 2 is 2.00 bits per heavy atom. The molecule has 1 aromatic heterocycles. The quantitative estimate of drug-likeness (QED) is 0.931. The minimum Gasteiger partial charge on any atom is -0.306 e.